The van der Waals surface area contributed by atoms with E-state index in [1.807, 2.05) is 4.90 Å². The minimum absolute atomic E-state index is 0.220. The summed E-state index contributed by atoms with van der Waals surface area (Å²) in [6, 6.07) is 7.18. The van der Waals surface area contributed by atoms with Gasteiger partial charge in [-0.25, -0.2) is 19.2 Å². The topological polar surface area (TPSA) is 84.9 Å². The van der Waals surface area contributed by atoms with Gasteiger partial charge in [-0.3, -0.25) is 4.79 Å². The number of piperazine rings is 1. The Hall–Kier alpha value is -3.23. The molecule has 1 fully saturated rings. The molecule has 0 aliphatic carbocycles. The van der Waals surface area contributed by atoms with Gasteiger partial charge < -0.3 is 19.3 Å². The van der Waals surface area contributed by atoms with Crippen molar-refractivity contribution in [3.05, 3.63) is 48.5 Å². The summed E-state index contributed by atoms with van der Waals surface area (Å²) in [4.78, 5) is 35.9. The first-order valence-electron chi connectivity index (χ1n) is 8.45. The smallest absolute Gasteiger partial charge is 0.344 e. The fourth-order valence-electron chi connectivity index (χ4n) is 2.58. The molecule has 0 spiro atoms. The van der Waals surface area contributed by atoms with Gasteiger partial charge in [0.05, 0.1) is 0 Å². The number of halogens is 1. The lowest BCUT2D eigenvalue weighted by Gasteiger charge is -2.34. The van der Waals surface area contributed by atoms with Gasteiger partial charge >= 0.3 is 5.97 Å². The van der Waals surface area contributed by atoms with Gasteiger partial charge in [0.2, 0.25) is 5.95 Å². The molecule has 0 atom stereocenters. The molecule has 0 radical (unpaired) electrons. The molecule has 0 N–H and O–H groups in total. The molecule has 0 bridgehead atoms. The van der Waals surface area contributed by atoms with Crippen molar-refractivity contribution in [2.45, 2.75) is 0 Å². The van der Waals surface area contributed by atoms with E-state index < -0.39 is 18.4 Å². The van der Waals surface area contributed by atoms with Crippen LogP contribution in [0.3, 0.4) is 0 Å². The van der Waals surface area contributed by atoms with Crippen molar-refractivity contribution in [3.8, 4) is 5.75 Å². The second kappa shape index (κ2) is 8.93. The van der Waals surface area contributed by atoms with Gasteiger partial charge in [0.15, 0.2) is 13.2 Å². The number of hydrogen-bond donors (Lipinski definition) is 0. The van der Waals surface area contributed by atoms with Crippen LogP contribution in [-0.4, -0.2) is 66.1 Å². The van der Waals surface area contributed by atoms with Gasteiger partial charge in [-0.2, -0.15) is 0 Å². The molecule has 1 saturated heterocycles. The van der Waals surface area contributed by atoms with Crippen molar-refractivity contribution < 1.29 is 23.5 Å². The Balaban J connectivity index is 1.37. The summed E-state index contributed by atoms with van der Waals surface area (Å²) in [5, 5.41) is 0. The lowest BCUT2D eigenvalue weighted by Crippen LogP contribution is -2.50. The van der Waals surface area contributed by atoms with Crippen molar-refractivity contribution in [2.75, 3.05) is 44.3 Å². The highest BCUT2D eigenvalue weighted by molar-refractivity contribution is 5.81. The highest BCUT2D eigenvalue weighted by atomic mass is 19.1. The molecule has 1 amide bonds. The second-order valence-electron chi connectivity index (χ2n) is 5.82. The highest BCUT2D eigenvalue weighted by Crippen LogP contribution is 2.12. The van der Waals surface area contributed by atoms with Crippen molar-refractivity contribution in [3.63, 3.8) is 0 Å². The monoisotopic (exact) mass is 374 g/mol. The predicted octanol–water partition coefficient (Wildman–Crippen LogP) is 0.886. The van der Waals surface area contributed by atoms with Crippen LogP contribution in [0.15, 0.2) is 42.7 Å². The summed E-state index contributed by atoms with van der Waals surface area (Å²) >= 11 is 0. The minimum atomic E-state index is -0.691. The van der Waals surface area contributed by atoms with E-state index >= 15 is 0 Å². The molecule has 0 unspecified atom stereocenters. The standard InChI is InChI=1S/C18H19FN4O4/c19-14-3-1-4-15(11-14)26-13-17(25)27-12-16(24)22-7-9-23(10-8-22)18-20-5-2-6-21-18/h1-6,11H,7-10,12-13H2. The lowest BCUT2D eigenvalue weighted by molar-refractivity contribution is -0.153. The number of amides is 1. The average molecular weight is 374 g/mol. The maximum Gasteiger partial charge on any atom is 0.344 e. The Bertz CT molecular complexity index is 782. The first-order valence-corrected chi connectivity index (χ1v) is 8.45. The average Bonchev–Trinajstić information content (AvgIpc) is 2.71. The molecule has 27 heavy (non-hydrogen) atoms. The van der Waals surface area contributed by atoms with Gasteiger partial charge in [-0.05, 0) is 18.2 Å². The maximum absolute atomic E-state index is 13.0. The zero-order valence-corrected chi connectivity index (χ0v) is 14.6. The van der Waals surface area contributed by atoms with Gasteiger partial charge in [0, 0.05) is 44.6 Å². The molecular weight excluding hydrogens is 355 g/mol. The Labute approximate surface area is 155 Å². The number of nitrogens with zero attached hydrogens (tertiary/aromatic N) is 4. The molecule has 2 heterocycles. The summed E-state index contributed by atoms with van der Waals surface area (Å²) in [7, 11) is 0. The molecule has 8 nitrogen and oxygen atoms in total. The SMILES string of the molecule is O=C(COc1cccc(F)c1)OCC(=O)N1CCN(c2ncccn2)CC1. The number of esters is 1. The van der Waals surface area contributed by atoms with Gasteiger partial charge in [0.1, 0.15) is 11.6 Å². The van der Waals surface area contributed by atoms with Crippen LogP contribution < -0.4 is 9.64 Å². The van der Waals surface area contributed by atoms with E-state index in [2.05, 4.69) is 9.97 Å². The minimum Gasteiger partial charge on any atom is -0.482 e. The zero-order chi connectivity index (χ0) is 19.1. The molecule has 142 valence electrons. The van der Waals surface area contributed by atoms with Gasteiger partial charge in [0.25, 0.3) is 5.91 Å². The molecule has 9 heteroatoms. The Morgan fingerprint density at radius 3 is 2.48 bits per heavy atom. The third-order valence-electron chi connectivity index (χ3n) is 3.98. The van der Waals surface area contributed by atoms with E-state index in [1.54, 1.807) is 23.4 Å². The van der Waals surface area contributed by atoms with Crippen LogP contribution >= 0.6 is 0 Å². The predicted molar refractivity (Wildman–Crippen MR) is 93.7 cm³/mol. The van der Waals surface area contributed by atoms with E-state index in [-0.39, 0.29) is 18.3 Å². The largest absolute Gasteiger partial charge is 0.482 e. The van der Waals surface area contributed by atoms with Crippen LogP contribution in [0.5, 0.6) is 5.75 Å². The molecule has 3 rings (SSSR count). The van der Waals surface area contributed by atoms with Crippen LogP contribution in [0.25, 0.3) is 0 Å². The molecular formula is C18H19FN4O4. The van der Waals surface area contributed by atoms with Gasteiger partial charge in [-0.15, -0.1) is 0 Å². The van der Waals surface area contributed by atoms with Crippen LogP contribution in [0, 0.1) is 5.82 Å². The molecule has 1 aliphatic rings. The summed E-state index contributed by atoms with van der Waals surface area (Å²) in [6.07, 6.45) is 3.34. The third kappa shape index (κ3) is 5.37. The van der Waals surface area contributed by atoms with Gasteiger partial charge in [-0.1, -0.05) is 6.07 Å². The third-order valence-corrected chi connectivity index (χ3v) is 3.98. The van der Waals surface area contributed by atoms with Crippen LogP contribution in [0.4, 0.5) is 10.3 Å². The molecule has 0 saturated carbocycles. The number of aromatic nitrogens is 2. The molecule has 1 aromatic heterocycles. The number of carbonyl (C=O) groups is 2. The molecule has 1 aliphatic heterocycles. The number of carbonyl (C=O) groups excluding carboxylic acids is 2. The van der Waals surface area contributed by atoms with Crippen molar-refractivity contribution >= 4 is 17.8 Å². The first kappa shape index (κ1) is 18.6. The quantitative estimate of drug-likeness (QED) is 0.694. The zero-order valence-electron chi connectivity index (χ0n) is 14.6. The normalized spacial score (nSPS) is 14.0. The van der Waals surface area contributed by atoms with Crippen molar-refractivity contribution in [2.24, 2.45) is 0 Å². The summed E-state index contributed by atoms with van der Waals surface area (Å²) in [5.74, 6) is -0.578. The second-order valence-corrected chi connectivity index (χ2v) is 5.82. The fourth-order valence-corrected chi connectivity index (χ4v) is 2.58. The van der Waals surface area contributed by atoms with E-state index in [0.29, 0.717) is 32.1 Å². The van der Waals surface area contributed by atoms with Crippen molar-refractivity contribution in [1.82, 2.24) is 14.9 Å². The number of benzene rings is 1. The van der Waals surface area contributed by atoms with E-state index in [1.165, 1.54) is 18.2 Å². The Kier molecular flexibility index (Phi) is 6.14. The fraction of sp³-hybridized carbons (Fsp3) is 0.333. The number of hydrogen-bond acceptors (Lipinski definition) is 7. The van der Waals surface area contributed by atoms with Crippen molar-refractivity contribution in [1.29, 1.82) is 0 Å². The van der Waals surface area contributed by atoms with Crippen LogP contribution in [0.2, 0.25) is 0 Å². The van der Waals surface area contributed by atoms with Crippen LogP contribution in [0.1, 0.15) is 0 Å². The molecule has 1 aromatic carbocycles. The van der Waals surface area contributed by atoms with E-state index in [0.717, 1.165) is 6.07 Å². The summed E-state index contributed by atoms with van der Waals surface area (Å²) in [5.41, 5.74) is 0. The Morgan fingerprint density at radius 1 is 1.04 bits per heavy atom. The Morgan fingerprint density at radius 2 is 1.78 bits per heavy atom. The maximum atomic E-state index is 13.0. The molecule has 2 aromatic rings. The van der Waals surface area contributed by atoms with Crippen LogP contribution in [-0.2, 0) is 14.3 Å². The number of ether oxygens (including phenoxy) is 2. The van der Waals surface area contributed by atoms with E-state index in [4.69, 9.17) is 9.47 Å². The highest BCUT2D eigenvalue weighted by Gasteiger charge is 2.23. The van der Waals surface area contributed by atoms with E-state index in [9.17, 15) is 14.0 Å². The lowest BCUT2D eigenvalue weighted by atomic mass is 10.3. The number of anilines is 1. The first-order chi connectivity index (χ1) is 13.1. The summed E-state index contributed by atoms with van der Waals surface area (Å²) < 4.78 is 23.1. The number of rotatable bonds is 6. The summed E-state index contributed by atoms with van der Waals surface area (Å²) in [6.45, 7) is 1.45.